The Bertz CT molecular complexity index is 355. The molecule has 0 aliphatic carbocycles. The molecule has 0 aliphatic heterocycles. The molecule has 2 aromatic heterocycles. The van der Waals surface area contributed by atoms with E-state index < -0.39 is 0 Å². The minimum absolute atomic E-state index is 0.0272. The number of pyridine rings is 1. The van der Waals surface area contributed by atoms with Crippen molar-refractivity contribution in [3.63, 3.8) is 0 Å². The van der Waals surface area contributed by atoms with Gasteiger partial charge in [-0.05, 0) is 12.1 Å². The van der Waals surface area contributed by atoms with Gasteiger partial charge in [0.2, 0.25) is 0 Å². The largest absolute Gasteiger partial charge is 0.491 e. The van der Waals surface area contributed by atoms with Gasteiger partial charge in [-0.2, -0.15) is 0 Å². The van der Waals surface area contributed by atoms with Crippen LogP contribution in [-0.4, -0.2) is 19.9 Å². The summed E-state index contributed by atoms with van der Waals surface area (Å²) < 4.78 is 1.51. The molecule has 0 spiro atoms. The van der Waals surface area contributed by atoms with Crippen LogP contribution >= 0.6 is 0 Å². The zero-order valence-electron chi connectivity index (χ0n) is 5.10. The van der Waals surface area contributed by atoms with Crippen LogP contribution in [0.3, 0.4) is 0 Å². The first-order chi connectivity index (χ1) is 4.88. The maximum Gasteiger partial charge on any atom is 0.259 e. The quantitative estimate of drug-likeness (QED) is 0.570. The summed E-state index contributed by atoms with van der Waals surface area (Å²) in [5.74, 6) is -0.0272. The molecule has 2 aromatic rings. The Morgan fingerprint density at radius 1 is 1.40 bits per heavy atom. The van der Waals surface area contributed by atoms with Crippen molar-refractivity contribution in [2.45, 2.75) is 0 Å². The lowest BCUT2D eigenvalue weighted by Crippen LogP contribution is -1.82. The van der Waals surface area contributed by atoms with Crippen molar-refractivity contribution in [1.29, 1.82) is 0 Å². The van der Waals surface area contributed by atoms with E-state index in [-0.39, 0.29) is 5.88 Å². The van der Waals surface area contributed by atoms with E-state index in [2.05, 4.69) is 10.3 Å². The molecule has 50 valence electrons. The first-order valence-electron chi connectivity index (χ1n) is 2.87. The van der Waals surface area contributed by atoms with Crippen LogP contribution in [-0.2, 0) is 0 Å². The molecule has 0 saturated carbocycles. The van der Waals surface area contributed by atoms with E-state index in [1.165, 1.54) is 4.52 Å². The fourth-order valence-electron chi connectivity index (χ4n) is 0.831. The van der Waals surface area contributed by atoms with Crippen LogP contribution in [0.15, 0.2) is 24.4 Å². The Kier molecular flexibility index (Phi) is 0.887. The highest BCUT2D eigenvalue weighted by molar-refractivity contribution is 5.53. The maximum absolute atomic E-state index is 9.02. The second-order valence-electron chi connectivity index (χ2n) is 1.94. The molecule has 0 atom stereocenters. The molecule has 1 N–H and O–H groups in total. The summed E-state index contributed by atoms with van der Waals surface area (Å²) in [6.07, 6.45) is 1.72. The first kappa shape index (κ1) is 5.22. The minimum atomic E-state index is -0.0272. The van der Waals surface area contributed by atoms with Gasteiger partial charge in [-0.1, -0.05) is 16.4 Å². The van der Waals surface area contributed by atoms with Crippen molar-refractivity contribution in [2.75, 3.05) is 0 Å². The van der Waals surface area contributed by atoms with Gasteiger partial charge in [0.25, 0.3) is 5.88 Å². The summed E-state index contributed by atoms with van der Waals surface area (Å²) in [4.78, 5) is 0. The second-order valence-corrected chi connectivity index (χ2v) is 1.94. The van der Waals surface area contributed by atoms with Gasteiger partial charge in [-0.3, -0.25) is 0 Å². The summed E-state index contributed by atoms with van der Waals surface area (Å²) in [6, 6.07) is 5.38. The summed E-state index contributed by atoms with van der Waals surface area (Å²) in [7, 11) is 0. The van der Waals surface area contributed by atoms with Crippen molar-refractivity contribution < 1.29 is 5.11 Å². The summed E-state index contributed by atoms with van der Waals surface area (Å²) >= 11 is 0. The molecule has 0 bridgehead atoms. The molecule has 2 rings (SSSR count). The molecule has 0 aliphatic rings. The molecule has 0 fully saturated rings. The van der Waals surface area contributed by atoms with E-state index in [4.69, 9.17) is 5.11 Å². The van der Waals surface area contributed by atoms with Crippen LogP contribution in [0.2, 0.25) is 0 Å². The number of hydrogen-bond acceptors (Lipinski definition) is 3. The van der Waals surface area contributed by atoms with Gasteiger partial charge >= 0.3 is 0 Å². The van der Waals surface area contributed by atoms with Crippen LogP contribution in [0.25, 0.3) is 5.52 Å². The van der Waals surface area contributed by atoms with Crippen LogP contribution in [0.5, 0.6) is 5.88 Å². The van der Waals surface area contributed by atoms with Crippen molar-refractivity contribution in [1.82, 2.24) is 14.8 Å². The van der Waals surface area contributed by atoms with E-state index in [0.717, 1.165) is 0 Å². The SMILES string of the molecule is Oc1nnn2ccccc12. The molecule has 10 heavy (non-hydrogen) atoms. The smallest absolute Gasteiger partial charge is 0.259 e. The Labute approximate surface area is 56.7 Å². The lowest BCUT2D eigenvalue weighted by Gasteiger charge is -1.86. The van der Waals surface area contributed by atoms with Crippen molar-refractivity contribution in [3.05, 3.63) is 24.4 Å². The predicted molar refractivity (Wildman–Crippen MR) is 34.7 cm³/mol. The second kappa shape index (κ2) is 1.70. The van der Waals surface area contributed by atoms with Gasteiger partial charge in [-0.25, -0.2) is 4.52 Å². The van der Waals surface area contributed by atoms with Crippen LogP contribution in [0.1, 0.15) is 0 Å². The summed E-state index contributed by atoms with van der Waals surface area (Å²) in [5.41, 5.74) is 0.627. The molecule has 0 unspecified atom stereocenters. The third-order valence-electron chi connectivity index (χ3n) is 1.30. The Hall–Kier alpha value is -1.58. The number of rotatable bonds is 0. The monoisotopic (exact) mass is 135 g/mol. The van der Waals surface area contributed by atoms with E-state index in [0.29, 0.717) is 5.52 Å². The summed E-state index contributed by atoms with van der Waals surface area (Å²) in [6.45, 7) is 0. The van der Waals surface area contributed by atoms with E-state index >= 15 is 0 Å². The van der Waals surface area contributed by atoms with Crippen LogP contribution in [0, 0.1) is 0 Å². The average molecular weight is 135 g/mol. The third kappa shape index (κ3) is 0.556. The highest BCUT2D eigenvalue weighted by atomic mass is 16.3. The number of aromatic hydroxyl groups is 1. The Balaban J connectivity index is 2.93. The highest BCUT2D eigenvalue weighted by Gasteiger charge is 1.99. The fraction of sp³-hybridized carbons (Fsp3) is 0. The number of aromatic nitrogens is 3. The average Bonchev–Trinajstić information content (AvgIpc) is 2.34. The van der Waals surface area contributed by atoms with E-state index in [1.54, 1.807) is 12.3 Å². The Morgan fingerprint density at radius 2 is 2.30 bits per heavy atom. The molecule has 0 radical (unpaired) electrons. The van der Waals surface area contributed by atoms with Gasteiger partial charge in [-0.15, -0.1) is 0 Å². The van der Waals surface area contributed by atoms with Crippen molar-refractivity contribution in [2.24, 2.45) is 0 Å². The lowest BCUT2D eigenvalue weighted by atomic mass is 10.4. The molecular weight excluding hydrogens is 130 g/mol. The molecule has 2 heterocycles. The first-order valence-corrected chi connectivity index (χ1v) is 2.87. The standard InChI is InChI=1S/C6H5N3O/c10-6-5-3-1-2-4-9(5)8-7-6/h1-4,10H. The molecule has 4 nitrogen and oxygen atoms in total. The zero-order valence-corrected chi connectivity index (χ0v) is 5.10. The van der Waals surface area contributed by atoms with E-state index in [1.807, 2.05) is 12.1 Å². The van der Waals surface area contributed by atoms with Gasteiger partial charge in [0.1, 0.15) is 5.52 Å². The third-order valence-corrected chi connectivity index (χ3v) is 1.30. The number of fused-ring (bicyclic) bond motifs is 1. The van der Waals surface area contributed by atoms with Gasteiger partial charge in [0.15, 0.2) is 0 Å². The molecule has 0 saturated heterocycles. The Morgan fingerprint density at radius 3 is 3.10 bits per heavy atom. The van der Waals surface area contributed by atoms with Gasteiger partial charge in [0.05, 0.1) is 0 Å². The molecular formula is C6H5N3O. The van der Waals surface area contributed by atoms with Crippen molar-refractivity contribution in [3.8, 4) is 5.88 Å². The topological polar surface area (TPSA) is 50.4 Å². The fourth-order valence-corrected chi connectivity index (χ4v) is 0.831. The van der Waals surface area contributed by atoms with Crippen molar-refractivity contribution >= 4 is 5.52 Å². The number of nitrogens with zero attached hydrogens (tertiary/aromatic N) is 3. The summed E-state index contributed by atoms with van der Waals surface area (Å²) in [5, 5.41) is 16.1. The highest BCUT2D eigenvalue weighted by Crippen LogP contribution is 2.11. The lowest BCUT2D eigenvalue weighted by molar-refractivity contribution is 0.457. The van der Waals surface area contributed by atoms with Crippen LogP contribution in [0.4, 0.5) is 0 Å². The van der Waals surface area contributed by atoms with Crippen LogP contribution < -0.4 is 0 Å². The normalized spacial score (nSPS) is 10.4. The predicted octanol–water partition coefficient (Wildman–Crippen LogP) is 0.435. The van der Waals surface area contributed by atoms with Gasteiger partial charge in [0, 0.05) is 6.20 Å². The molecule has 0 aromatic carbocycles. The molecule has 4 heteroatoms. The van der Waals surface area contributed by atoms with E-state index in [9.17, 15) is 0 Å². The maximum atomic E-state index is 9.02. The minimum Gasteiger partial charge on any atom is -0.491 e. The van der Waals surface area contributed by atoms with Gasteiger partial charge < -0.3 is 5.11 Å². The number of hydrogen-bond donors (Lipinski definition) is 1. The molecule has 0 amide bonds. The zero-order chi connectivity index (χ0) is 6.97.